The zero-order chi connectivity index (χ0) is 15.5. The van der Waals surface area contributed by atoms with Gasteiger partial charge in [-0.25, -0.2) is 0 Å². The van der Waals surface area contributed by atoms with Crippen molar-refractivity contribution in [1.82, 2.24) is 0 Å². The molecular weight excluding hydrogens is 290 g/mol. The Hall–Kier alpha value is -1.67. The lowest BCUT2D eigenvalue weighted by Crippen LogP contribution is -2.61. The number of aliphatic hydroxyl groups excluding tert-OH is 1. The van der Waals surface area contributed by atoms with Crippen LogP contribution in [0, 0.1) is 0 Å². The molecule has 0 aliphatic carbocycles. The Bertz CT molecular complexity index is 551. The van der Waals surface area contributed by atoms with Gasteiger partial charge >= 0.3 is 0 Å². The predicted octanol–water partition coefficient (Wildman–Crippen LogP) is 1.51. The summed E-state index contributed by atoms with van der Waals surface area (Å²) in [5.74, 6) is 0. The molecule has 8 heteroatoms. The van der Waals surface area contributed by atoms with Crippen molar-refractivity contribution in [1.29, 1.82) is 0 Å². The van der Waals surface area contributed by atoms with E-state index >= 15 is 0 Å². The Labute approximate surface area is 127 Å². The molecule has 118 valence electrons. The zero-order valence-corrected chi connectivity index (χ0v) is 12.0. The lowest BCUT2D eigenvalue weighted by molar-refractivity contribution is -0.338. The average Bonchev–Trinajstić information content (AvgIpc) is 2.58. The molecule has 0 saturated carbocycles. The molecular formula is C14H17N3O5. The first-order chi connectivity index (χ1) is 10.7. The van der Waals surface area contributed by atoms with Gasteiger partial charge in [0.15, 0.2) is 12.6 Å². The van der Waals surface area contributed by atoms with E-state index in [2.05, 4.69) is 10.0 Å². The molecule has 6 atom stereocenters. The fraction of sp³-hybridized carbons (Fsp3) is 0.571. The molecule has 2 aliphatic rings. The minimum absolute atomic E-state index is 0.254. The van der Waals surface area contributed by atoms with Gasteiger partial charge in [-0.3, -0.25) is 0 Å². The zero-order valence-electron chi connectivity index (χ0n) is 12.0. The topological polar surface area (TPSA) is 106 Å². The van der Waals surface area contributed by atoms with Gasteiger partial charge in [-0.15, -0.1) is 0 Å². The first-order valence-electron chi connectivity index (χ1n) is 6.97. The van der Waals surface area contributed by atoms with E-state index in [9.17, 15) is 5.11 Å². The van der Waals surface area contributed by atoms with E-state index in [4.69, 9.17) is 24.5 Å². The fourth-order valence-corrected chi connectivity index (χ4v) is 2.73. The predicted molar refractivity (Wildman–Crippen MR) is 74.6 cm³/mol. The number of rotatable bonds is 3. The molecule has 2 heterocycles. The van der Waals surface area contributed by atoms with Crippen molar-refractivity contribution in [3.05, 3.63) is 46.3 Å². The Balaban J connectivity index is 1.79. The van der Waals surface area contributed by atoms with Crippen LogP contribution in [-0.4, -0.2) is 49.5 Å². The molecule has 2 saturated heterocycles. The lowest BCUT2D eigenvalue weighted by Gasteiger charge is -2.46. The van der Waals surface area contributed by atoms with E-state index in [1.165, 1.54) is 7.11 Å². The summed E-state index contributed by atoms with van der Waals surface area (Å²) >= 11 is 0. The third-order valence-corrected chi connectivity index (χ3v) is 3.82. The van der Waals surface area contributed by atoms with Gasteiger partial charge in [-0.1, -0.05) is 35.4 Å². The summed E-state index contributed by atoms with van der Waals surface area (Å²) in [7, 11) is 1.43. The van der Waals surface area contributed by atoms with Gasteiger partial charge in [-0.05, 0) is 5.53 Å². The van der Waals surface area contributed by atoms with Crippen molar-refractivity contribution in [3.8, 4) is 0 Å². The normalized spacial score (nSPS) is 37.9. The van der Waals surface area contributed by atoms with Crippen molar-refractivity contribution in [2.24, 2.45) is 5.11 Å². The molecule has 0 aromatic heterocycles. The minimum atomic E-state index is -1.03. The van der Waals surface area contributed by atoms with Crippen LogP contribution in [0.2, 0.25) is 0 Å². The van der Waals surface area contributed by atoms with Gasteiger partial charge in [0.25, 0.3) is 0 Å². The van der Waals surface area contributed by atoms with Crippen LogP contribution >= 0.6 is 0 Å². The number of aliphatic hydroxyl groups is 1. The van der Waals surface area contributed by atoms with E-state index in [-0.39, 0.29) is 6.61 Å². The first kappa shape index (κ1) is 15.2. The van der Waals surface area contributed by atoms with E-state index < -0.39 is 36.9 Å². The van der Waals surface area contributed by atoms with Crippen LogP contribution < -0.4 is 0 Å². The van der Waals surface area contributed by atoms with Gasteiger partial charge in [0.1, 0.15) is 18.2 Å². The summed E-state index contributed by atoms with van der Waals surface area (Å²) < 4.78 is 22.3. The third kappa shape index (κ3) is 2.80. The highest BCUT2D eigenvalue weighted by molar-refractivity contribution is 5.16. The number of ether oxygens (including phenoxy) is 4. The molecule has 1 N–H and O–H groups in total. The molecule has 22 heavy (non-hydrogen) atoms. The molecule has 8 nitrogen and oxygen atoms in total. The molecule has 2 aliphatic heterocycles. The largest absolute Gasteiger partial charge is 0.390 e. The number of fused-ring (bicyclic) bond motifs is 1. The molecule has 0 amide bonds. The summed E-state index contributed by atoms with van der Waals surface area (Å²) in [4.78, 5) is 2.74. The standard InChI is InChI=1S/C14H17N3O5/c1-19-14-10(16-17-15)11(18)12-9(21-14)7-20-13(22-12)8-5-3-2-4-6-8/h2-6,9-14,18H,7H2,1H3/t9-,10+,11-,12-,13?,14-/m1/s1. The van der Waals surface area contributed by atoms with Crippen LogP contribution in [0.3, 0.4) is 0 Å². The van der Waals surface area contributed by atoms with E-state index in [1.807, 2.05) is 30.3 Å². The summed E-state index contributed by atoms with van der Waals surface area (Å²) in [6.07, 6.45) is -3.58. The number of benzene rings is 1. The molecule has 1 unspecified atom stereocenters. The van der Waals surface area contributed by atoms with Crippen molar-refractivity contribution in [3.63, 3.8) is 0 Å². The van der Waals surface area contributed by atoms with Crippen LogP contribution in [0.25, 0.3) is 10.4 Å². The van der Waals surface area contributed by atoms with Gasteiger partial charge < -0.3 is 24.1 Å². The minimum Gasteiger partial charge on any atom is -0.390 e. The van der Waals surface area contributed by atoms with Crippen molar-refractivity contribution in [2.75, 3.05) is 13.7 Å². The van der Waals surface area contributed by atoms with Gasteiger partial charge in [0.05, 0.1) is 12.7 Å². The SMILES string of the molecule is CO[C@@H]1O[C@@H]2COC(c3ccccc3)O[C@H]2[C@H](O)[C@@H]1N=[N+]=[N-]. The number of hydrogen-bond acceptors (Lipinski definition) is 6. The van der Waals surface area contributed by atoms with Crippen molar-refractivity contribution >= 4 is 0 Å². The summed E-state index contributed by atoms with van der Waals surface area (Å²) in [6, 6.07) is 8.55. The maximum absolute atomic E-state index is 10.5. The highest BCUT2D eigenvalue weighted by Gasteiger charge is 2.49. The molecule has 0 spiro atoms. The second kappa shape index (κ2) is 6.62. The van der Waals surface area contributed by atoms with Crippen LogP contribution in [0.5, 0.6) is 0 Å². The van der Waals surface area contributed by atoms with E-state index in [1.54, 1.807) is 0 Å². The van der Waals surface area contributed by atoms with Crippen LogP contribution in [-0.2, 0) is 18.9 Å². The second-order valence-electron chi connectivity index (χ2n) is 5.14. The fourth-order valence-electron chi connectivity index (χ4n) is 2.73. The van der Waals surface area contributed by atoms with Gasteiger partial charge in [0, 0.05) is 17.6 Å². The Kier molecular flexibility index (Phi) is 4.58. The second-order valence-corrected chi connectivity index (χ2v) is 5.14. The summed E-state index contributed by atoms with van der Waals surface area (Å²) in [6.45, 7) is 0.254. The quantitative estimate of drug-likeness (QED) is 0.517. The monoisotopic (exact) mass is 307 g/mol. The number of methoxy groups -OCH3 is 1. The lowest BCUT2D eigenvalue weighted by atomic mass is 9.96. The van der Waals surface area contributed by atoms with E-state index in [0.29, 0.717) is 0 Å². The average molecular weight is 307 g/mol. The highest BCUT2D eigenvalue weighted by atomic mass is 16.7. The van der Waals surface area contributed by atoms with Gasteiger partial charge in [0.2, 0.25) is 0 Å². The smallest absolute Gasteiger partial charge is 0.184 e. The molecule has 1 aromatic carbocycles. The van der Waals surface area contributed by atoms with Crippen molar-refractivity contribution in [2.45, 2.75) is 36.9 Å². The molecule has 2 fully saturated rings. The summed E-state index contributed by atoms with van der Waals surface area (Å²) in [5.41, 5.74) is 9.50. The van der Waals surface area contributed by atoms with Crippen LogP contribution in [0.4, 0.5) is 0 Å². The first-order valence-corrected chi connectivity index (χ1v) is 6.97. The maximum atomic E-state index is 10.5. The molecule has 0 bridgehead atoms. The number of azide groups is 1. The molecule has 0 radical (unpaired) electrons. The Morgan fingerprint density at radius 2 is 2.09 bits per heavy atom. The number of nitrogens with zero attached hydrogens (tertiary/aromatic N) is 3. The van der Waals surface area contributed by atoms with E-state index in [0.717, 1.165) is 5.56 Å². The third-order valence-electron chi connectivity index (χ3n) is 3.82. The Morgan fingerprint density at radius 3 is 2.77 bits per heavy atom. The van der Waals surface area contributed by atoms with Crippen LogP contribution in [0.15, 0.2) is 35.4 Å². The van der Waals surface area contributed by atoms with Crippen molar-refractivity contribution < 1.29 is 24.1 Å². The molecule has 3 rings (SSSR count). The molecule has 1 aromatic rings. The maximum Gasteiger partial charge on any atom is 0.184 e. The summed E-state index contributed by atoms with van der Waals surface area (Å²) in [5, 5.41) is 14.0. The van der Waals surface area contributed by atoms with Crippen LogP contribution in [0.1, 0.15) is 11.9 Å². The highest BCUT2D eigenvalue weighted by Crippen LogP contribution is 2.35. The van der Waals surface area contributed by atoms with Gasteiger partial charge in [-0.2, -0.15) is 0 Å². The Morgan fingerprint density at radius 1 is 1.32 bits per heavy atom. The number of hydrogen-bond donors (Lipinski definition) is 1.